The van der Waals surface area contributed by atoms with E-state index in [2.05, 4.69) is 44.5 Å². The van der Waals surface area contributed by atoms with E-state index in [1.165, 1.54) is 11.3 Å². The summed E-state index contributed by atoms with van der Waals surface area (Å²) in [6.45, 7) is 2.42. The van der Waals surface area contributed by atoms with Gasteiger partial charge in [0, 0.05) is 43.9 Å². The van der Waals surface area contributed by atoms with Crippen molar-refractivity contribution < 1.29 is 4.79 Å². The Bertz CT molecular complexity index is 839. The highest BCUT2D eigenvalue weighted by Crippen LogP contribution is 2.25. The monoisotopic (exact) mass is 321 g/mol. The minimum atomic E-state index is -0.161. The van der Waals surface area contributed by atoms with Gasteiger partial charge >= 0.3 is 0 Å². The first kappa shape index (κ1) is 14.7. The summed E-state index contributed by atoms with van der Waals surface area (Å²) in [5.74, 6) is 0.374. The molecule has 1 aliphatic rings. The zero-order chi connectivity index (χ0) is 16.4. The number of nitrogens with zero attached hydrogens (tertiary/aromatic N) is 4. The van der Waals surface area contributed by atoms with Crippen molar-refractivity contribution in [3.05, 3.63) is 60.2 Å². The normalized spacial score (nSPS) is 13.8. The lowest BCUT2D eigenvalue weighted by Gasteiger charge is -2.31. The summed E-state index contributed by atoms with van der Waals surface area (Å²) < 4.78 is 1.75. The molecule has 3 heterocycles. The van der Waals surface area contributed by atoms with E-state index >= 15 is 0 Å². The van der Waals surface area contributed by atoms with Crippen molar-refractivity contribution in [1.29, 1.82) is 0 Å². The van der Waals surface area contributed by atoms with Crippen LogP contribution in [0.25, 0.3) is 5.78 Å². The second-order valence-electron chi connectivity index (χ2n) is 5.93. The van der Waals surface area contributed by atoms with E-state index in [9.17, 15) is 4.79 Å². The summed E-state index contributed by atoms with van der Waals surface area (Å²) in [6.07, 6.45) is 7.48. The largest absolute Gasteiger partial charge is 0.370 e. The molecular weight excluding hydrogens is 302 g/mol. The molecule has 0 saturated heterocycles. The standard InChI is InChI=1S/C18H19N5O/c24-17(15-13-23-11-4-8-20-18(23)21-15)19-9-12-22-10-3-6-14-5-1-2-7-16(14)22/h1-2,4-5,7-8,11,13H,3,6,9-10,12H2,(H,19,24). The van der Waals surface area contributed by atoms with Gasteiger partial charge < -0.3 is 10.2 Å². The number of anilines is 1. The van der Waals surface area contributed by atoms with Gasteiger partial charge in [0.1, 0.15) is 5.69 Å². The fraction of sp³-hybridized carbons (Fsp3) is 0.278. The smallest absolute Gasteiger partial charge is 0.271 e. The van der Waals surface area contributed by atoms with Gasteiger partial charge in [0.15, 0.2) is 0 Å². The molecule has 0 spiro atoms. The second kappa shape index (κ2) is 6.31. The van der Waals surface area contributed by atoms with Gasteiger partial charge in [0.2, 0.25) is 5.78 Å². The lowest BCUT2D eigenvalue weighted by molar-refractivity contribution is 0.0950. The molecule has 1 N–H and O–H groups in total. The minimum Gasteiger partial charge on any atom is -0.370 e. The SMILES string of the molecule is O=C(NCCN1CCCc2ccccc21)c1cn2cccnc2n1. The Morgan fingerprint density at radius 2 is 2.17 bits per heavy atom. The fourth-order valence-electron chi connectivity index (χ4n) is 3.18. The Morgan fingerprint density at radius 3 is 3.08 bits per heavy atom. The Morgan fingerprint density at radius 1 is 1.25 bits per heavy atom. The lowest BCUT2D eigenvalue weighted by atomic mass is 10.0. The number of fused-ring (bicyclic) bond motifs is 2. The molecule has 0 atom stereocenters. The van der Waals surface area contributed by atoms with Crippen LogP contribution in [-0.4, -0.2) is 39.9 Å². The molecule has 0 aliphatic carbocycles. The highest BCUT2D eigenvalue weighted by Gasteiger charge is 2.16. The van der Waals surface area contributed by atoms with Crippen LogP contribution < -0.4 is 10.2 Å². The number of carbonyl (C=O) groups excluding carboxylic acids is 1. The molecule has 0 bridgehead atoms. The van der Waals surface area contributed by atoms with Crippen molar-refractivity contribution in [3.63, 3.8) is 0 Å². The molecule has 3 aromatic rings. The van der Waals surface area contributed by atoms with Crippen LogP contribution in [0.2, 0.25) is 0 Å². The third-order valence-corrected chi connectivity index (χ3v) is 4.34. The molecule has 0 unspecified atom stereocenters. The number of nitrogens with one attached hydrogen (secondary N) is 1. The number of aryl methyl sites for hydroxylation is 1. The first-order valence-corrected chi connectivity index (χ1v) is 8.22. The van der Waals surface area contributed by atoms with Gasteiger partial charge in [-0.2, -0.15) is 0 Å². The molecule has 0 fully saturated rings. The summed E-state index contributed by atoms with van der Waals surface area (Å²) in [7, 11) is 0. The molecule has 0 saturated carbocycles. The number of hydrogen-bond donors (Lipinski definition) is 1. The third-order valence-electron chi connectivity index (χ3n) is 4.34. The number of para-hydroxylation sites is 1. The molecule has 0 radical (unpaired) electrons. The average molecular weight is 321 g/mol. The van der Waals surface area contributed by atoms with E-state index in [-0.39, 0.29) is 5.91 Å². The van der Waals surface area contributed by atoms with Gasteiger partial charge in [-0.05, 0) is 30.5 Å². The second-order valence-corrected chi connectivity index (χ2v) is 5.93. The van der Waals surface area contributed by atoms with Gasteiger partial charge in [-0.15, -0.1) is 0 Å². The maximum Gasteiger partial charge on any atom is 0.271 e. The zero-order valence-corrected chi connectivity index (χ0v) is 13.4. The van der Waals surface area contributed by atoms with Crippen molar-refractivity contribution in [2.24, 2.45) is 0 Å². The molecule has 6 nitrogen and oxygen atoms in total. The van der Waals surface area contributed by atoms with E-state index < -0.39 is 0 Å². The van der Waals surface area contributed by atoms with Crippen LogP contribution in [-0.2, 0) is 6.42 Å². The summed E-state index contributed by atoms with van der Waals surface area (Å²) in [6, 6.07) is 10.3. The van der Waals surface area contributed by atoms with E-state index in [0.29, 0.717) is 18.0 Å². The molecular formula is C18H19N5O. The topological polar surface area (TPSA) is 62.5 Å². The van der Waals surface area contributed by atoms with Gasteiger partial charge in [-0.3, -0.25) is 9.20 Å². The van der Waals surface area contributed by atoms with E-state index in [1.807, 2.05) is 12.3 Å². The van der Waals surface area contributed by atoms with E-state index in [1.54, 1.807) is 16.8 Å². The molecule has 122 valence electrons. The van der Waals surface area contributed by atoms with Crippen molar-refractivity contribution in [1.82, 2.24) is 19.7 Å². The van der Waals surface area contributed by atoms with Crippen molar-refractivity contribution in [2.75, 3.05) is 24.5 Å². The molecule has 2 aromatic heterocycles. The van der Waals surface area contributed by atoms with Crippen molar-refractivity contribution in [3.8, 4) is 0 Å². The van der Waals surface area contributed by atoms with Crippen LogP contribution in [0.1, 0.15) is 22.5 Å². The highest BCUT2D eigenvalue weighted by atomic mass is 16.1. The summed E-state index contributed by atoms with van der Waals surface area (Å²) >= 11 is 0. The molecule has 24 heavy (non-hydrogen) atoms. The Balaban J connectivity index is 1.38. The molecule has 1 aromatic carbocycles. The molecule has 6 heteroatoms. The van der Waals surface area contributed by atoms with Crippen molar-refractivity contribution in [2.45, 2.75) is 12.8 Å². The Hall–Kier alpha value is -2.89. The number of carbonyl (C=O) groups is 1. The maximum atomic E-state index is 12.3. The average Bonchev–Trinajstić information content (AvgIpc) is 3.06. The van der Waals surface area contributed by atoms with Crippen LogP contribution in [0.5, 0.6) is 0 Å². The molecule has 1 amide bonds. The maximum absolute atomic E-state index is 12.3. The van der Waals surface area contributed by atoms with Gasteiger partial charge in [0.25, 0.3) is 5.91 Å². The van der Waals surface area contributed by atoms with Gasteiger partial charge in [-0.25, -0.2) is 9.97 Å². The molecule has 1 aliphatic heterocycles. The van der Waals surface area contributed by atoms with E-state index in [0.717, 1.165) is 25.9 Å². The zero-order valence-electron chi connectivity index (χ0n) is 13.4. The van der Waals surface area contributed by atoms with Crippen LogP contribution in [0.3, 0.4) is 0 Å². The van der Waals surface area contributed by atoms with Gasteiger partial charge in [-0.1, -0.05) is 18.2 Å². The minimum absolute atomic E-state index is 0.161. The number of hydrogen-bond acceptors (Lipinski definition) is 4. The van der Waals surface area contributed by atoms with Crippen LogP contribution in [0.4, 0.5) is 5.69 Å². The predicted octanol–water partition coefficient (Wildman–Crippen LogP) is 1.91. The van der Waals surface area contributed by atoms with Crippen LogP contribution in [0.15, 0.2) is 48.9 Å². The van der Waals surface area contributed by atoms with Crippen LogP contribution in [0, 0.1) is 0 Å². The van der Waals surface area contributed by atoms with E-state index in [4.69, 9.17) is 0 Å². The lowest BCUT2D eigenvalue weighted by Crippen LogP contribution is -2.37. The first-order valence-electron chi connectivity index (χ1n) is 8.22. The number of rotatable bonds is 4. The number of benzene rings is 1. The summed E-state index contributed by atoms with van der Waals surface area (Å²) in [5, 5.41) is 2.95. The number of amides is 1. The van der Waals surface area contributed by atoms with Gasteiger partial charge in [0.05, 0.1) is 0 Å². The summed E-state index contributed by atoms with van der Waals surface area (Å²) in [5.41, 5.74) is 3.07. The third kappa shape index (κ3) is 2.82. The quantitative estimate of drug-likeness (QED) is 0.797. The number of aromatic nitrogens is 3. The predicted molar refractivity (Wildman–Crippen MR) is 92.3 cm³/mol. The Labute approximate surface area is 140 Å². The number of imidazole rings is 1. The fourth-order valence-corrected chi connectivity index (χ4v) is 3.18. The molecule has 4 rings (SSSR count). The first-order chi connectivity index (χ1) is 11.8. The summed E-state index contributed by atoms with van der Waals surface area (Å²) in [4.78, 5) is 23.0. The van der Waals surface area contributed by atoms with Crippen LogP contribution >= 0.6 is 0 Å². The van der Waals surface area contributed by atoms with Crippen molar-refractivity contribution >= 4 is 17.4 Å². The Kier molecular flexibility index (Phi) is 3.86. The highest BCUT2D eigenvalue weighted by molar-refractivity contribution is 5.92.